The first-order valence-electron chi connectivity index (χ1n) is 6.13. The van der Waals surface area contributed by atoms with Gasteiger partial charge in [0.15, 0.2) is 0 Å². The van der Waals surface area contributed by atoms with Gasteiger partial charge in [-0.15, -0.1) is 0 Å². The van der Waals surface area contributed by atoms with Crippen LogP contribution < -0.4 is 5.32 Å². The Morgan fingerprint density at radius 2 is 2.22 bits per heavy atom. The zero-order valence-electron chi connectivity index (χ0n) is 9.99. The lowest BCUT2D eigenvalue weighted by atomic mass is 10.2. The van der Waals surface area contributed by atoms with Crippen molar-refractivity contribution in [2.45, 2.75) is 18.9 Å². The lowest BCUT2D eigenvalue weighted by Gasteiger charge is -2.11. The van der Waals surface area contributed by atoms with Crippen LogP contribution in [0.1, 0.15) is 12.8 Å². The number of benzene rings is 1. The molecule has 0 saturated carbocycles. The quantitative estimate of drug-likeness (QED) is 0.878. The largest absolute Gasteiger partial charge is 0.376 e. The molecule has 6 nitrogen and oxygen atoms in total. The van der Waals surface area contributed by atoms with Gasteiger partial charge in [-0.1, -0.05) is 23.3 Å². The summed E-state index contributed by atoms with van der Waals surface area (Å²) in [6.45, 7) is 1.60. The number of tetrazole rings is 1. The second-order valence-electron chi connectivity index (χ2n) is 4.27. The van der Waals surface area contributed by atoms with Crippen LogP contribution in [0.25, 0.3) is 5.69 Å². The molecule has 1 atom stereocenters. The Labute approximate surface area is 105 Å². The molecule has 1 aromatic carbocycles. The third kappa shape index (κ3) is 2.33. The van der Waals surface area contributed by atoms with E-state index in [1.165, 1.54) is 0 Å². The van der Waals surface area contributed by atoms with E-state index in [4.69, 9.17) is 4.74 Å². The molecule has 2 aromatic rings. The van der Waals surface area contributed by atoms with Crippen LogP contribution in [-0.4, -0.2) is 39.5 Å². The van der Waals surface area contributed by atoms with E-state index in [1.807, 2.05) is 30.3 Å². The molecule has 18 heavy (non-hydrogen) atoms. The van der Waals surface area contributed by atoms with Crippen LogP contribution >= 0.6 is 0 Å². The zero-order chi connectivity index (χ0) is 12.2. The second-order valence-corrected chi connectivity index (χ2v) is 4.27. The van der Waals surface area contributed by atoms with Crippen LogP contribution in [0.3, 0.4) is 0 Å². The maximum atomic E-state index is 5.56. The van der Waals surface area contributed by atoms with E-state index < -0.39 is 0 Å². The molecule has 1 saturated heterocycles. The number of nitrogens with one attached hydrogen (secondary N) is 1. The van der Waals surface area contributed by atoms with Gasteiger partial charge in [0.2, 0.25) is 5.95 Å². The fraction of sp³-hybridized carbons (Fsp3) is 0.417. The molecule has 3 rings (SSSR count). The van der Waals surface area contributed by atoms with Crippen molar-refractivity contribution in [3.05, 3.63) is 30.3 Å². The van der Waals surface area contributed by atoms with Gasteiger partial charge >= 0.3 is 0 Å². The maximum absolute atomic E-state index is 5.56. The van der Waals surface area contributed by atoms with Crippen molar-refractivity contribution in [1.29, 1.82) is 0 Å². The molecular formula is C12H15N5O. The highest BCUT2D eigenvalue weighted by Crippen LogP contribution is 2.14. The highest BCUT2D eigenvalue weighted by molar-refractivity contribution is 5.38. The summed E-state index contributed by atoms with van der Waals surface area (Å²) in [7, 11) is 0. The summed E-state index contributed by atoms with van der Waals surface area (Å²) in [5, 5.41) is 14.9. The lowest BCUT2D eigenvalue weighted by molar-refractivity contribution is 0.120. The summed E-state index contributed by atoms with van der Waals surface area (Å²) < 4.78 is 7.25. The molecule has 0 amide bonds. The van der Waals surface area contributed by atoms with Crippen LogP contribution in [-0.2, 0) is 4.74 Å². The summed E-state index contributed by atoms with van der Waals surface area (Å²) in [4.78, 5) is 0. The Kier molecular flexibility index (Phi) is 3.18. The minimum absolute atomic E-state index is 0.269. The Hall–Kier alpha value is -1.95. The van der Waals surface area contributed by atoms with Crippen molar-refractivity contribution in [1.82, 2.24) is 20.2 Å². The number of ether oxygens (including phenoxy) is 1. The standard InChI is InChI=1S/C12H15N5O/c1-2-5-10(6-3-1)17-12(14-15-16-17)13-9-11-7-4-8-18-11/h1-3,5-6,11H,4,7-9H2,(H,13,14,16)/t11-/m0/s1. The van der Waals surface area contributed by atoms with Crippen LogP contribution in [0.2, 0.25) is 0 Å². The van der Waals surface area contributed by atoms with Crippen molar-refractivity contribution in [3.63, 3.8) is 0 Å². The summed E-state index contributed by atoms with van der Waals surface area (Å²) in [5.41, 5.74) is 0.942. The maximum Gasteiger partial charge on any atom is 0.247 e. The highest BCUT2D eigenvalue weighted by atomic mass is 16.5. The van der Waals surface area contributed by atoms with Gasteiger partial charge in [-0.05, 0) is 35.4 Å². The first-order chi connectivity index (χ1) is 8.93. The fourth-order valence-electron chi connectivity index (χ4n) is 2.05. The molecule has 0 aliphatic carbocycles. The van der Waals surface area contributed by atoms with Crippen molar-refractivity contribution in [2.24, 2.45) is 0 Å². The normalized spacial score (nSPS) is 19.0. The average Bonchev–Trinajstić information content (AvgIpc) is 3.09. The molecular weight excluding hydrogens is 230 g/mol. The van der Waals surface area contributed by atoms with Gasteiger partial charge in [-0.2, -0.15) is 4.68 Å². The summed E-state index contributed by atoms with van der Waals surface area (Å²) in [5.74, 6) is 0.650. The zero-order valence-corrected chi connectivity index (χ0v) is 9.99. The van der Waals surface area contributed by atoms with Crippen molar-refractivity contribution < 1.29 is 4.74 Å². The minimum Gasteiger partial charge on any atom is -0.376 e. The third-order valence-corrected chi connectivity index (χ3v) is 2.98. The van der Waals surface area contributed by atoms with Crippen molar-refractivity contribution in [2.75, 3.05) is 18.5 Å². The predicted octanol–water partition coefficient (Wildman–Crippen LogP) is 1.25. The second kappa shape index (κ2) is 5.14. The smallest absolute Gasteiger partial charge is 0.247 e. The Bertz CT molecular complexity index is 492. The van der Waals surface area contributed by atoms with Gasteiger partial charge < -0.3 is 10.1 Å². The number of nitrogens with zero attached hydrogens (tertiary/aromatic N) is 4. The van der Waals surface area contributed by atoms with Crippen LogP contribution in [0.4, 0.5) is 5.95 Å². The van der Waals surface area contributed by atoms with Gasteiger partial charge in [-0.3, -0.25) is 0 Å². The molecule has 0 radical (unpaired) electrons. The van der Waals surface area contributed by atoms with E-state index in [-0.39, 0.29) is 6.10 Å². The van der Waals surface area contributed by atoms with E-state index >= 15 is 0 Å². The number of para-hydroxylation sites is 1. The van der Waals surface area contributed by atoms with E-state index in [2.05, 4.69) is 20.8 Å². The highest BCUT2D eigenvalue weighted by Gasteiger charge is 2.16. The van der Waals surface area contributed by atoms with Crippen LogP contribution in [0.15, 0.2) is 30.3 Å². The fourth-order valence-corrected chi connectivity index (χ4v) is 2.05. The molecule has 0 bridgehead atoms. The summed E-state index contributed by atoms with van der Waals surface area (Å²) in [6, 6.07) is 9.82. The molecule has 0 unspecified atom stereocenters. The molecule has 0 spiro atoms. The molecule has 1 aliphatic heterocycles. The SMILES string of the molecule is c1ccc(-n2nnnc2NC[C@@H]2CCCO2)cc1. The molecule has 1 aromatic heterocycles. The van der Waals surface area contributed by atoms with E-state index in [1.54, 1.807) is 4.68 Å². The molecule has 6 heteroatoms. The summed E-state index contributed by atoms with van der Waals surface area (Å²) in [6.07, 6.45) is 2.50. The number of hydrogen-bond donors (Lipinski definition) is 1. The molecule has 1 N–H and O–H groups in total. The Balaban J connectivity index is 1.71. The third-order valence-electron chi connectivity index (χ3n) is 2.98. The van der Waals surface area contributed by atoms with Crippen molar-refractivity contribution >= 4 is 5.95 Å². The van der Waals surface area contributed by atoms with Gasteiger partial charge in [0.25, 0.3) is 0 Å². The molecule has 1 fully saturated rings. The van der Waals surface area contributed by atoms with Gasteiger partial charge in [0.05, 0.1) is 11.8 Å². The van der Waals surface area contributed by atoms with Gasteiger partial charge in [0, 0.05) is 13.2 Å². The van der Waals surface area contributed by atoms with Crippen LogP contribution in [0, 0.1) is 0 Å². The topological polar surface area (TPSA) is 64.9 Å². The van der Waals surface area contributed by atoms with Gasteiger partial charge in [-0.25, -0.2) is 0 Å². The lowest BCUT2D eigenvalue weighted by Crippen LogP contribution is -2.20. The molecule has 2 heterocycles. The number of hydrogen-bond acceptors (Lipinski definition) is 5. The number of anilines is 1. The molecule has 94 valence electrons. The van der Waals surface area contributed by atoms with Gasteiger partial charge in [0.1, 0.15) is 0 Å². The van der Waals surface area contributed by atoms with Crippen molar-refractivity contribution in [3.8, 4) is 5.69 Å². The predicted molar refractivity (Wildman–Crippen MR) is 66.6 cm³/mol. The Morgan fingerprint density at radius 3 is 3.00 bits per heavy atom. The van der Waals surface area contributed by atoms with Crippen LogP contribution in [0.5, 0.6) is 0 Å². The molecule has 1 aliphatic rings. The van der Waals surface area contributed by atoms with E-state index in [0.29, 0.717) is 5.95 Å². The monoisotopic (exact) mass is 245 g/mol. The summed E-state index contributed by atoms with van der Waals surface area (Å²) >= 11 is 0. The first kappa shape index (κ1) is 11.2. The average molecular weight is 245 g/mol. The first-order valence-corrected chi connectivity index (χ1v) is 6.13. The number of aromatic nitrogens is 4. The van der Waals surface area contributed by atoms with E-state index in [0.717, 1.165) is 31.7 Å². The minimum atomic E-state index is 0.269. The van der Waals surface area contributed by atoms with E-state index in [9.17, 15) is 0 Å². The number of rotatable bonds is 4. The Morgan fingerprint density at radius 1 is 1.33 bits per heavy atom.